The third kappa shape index (κ3) is 2.09. The molecule has 4 nitrogen and oxygen atoms in total. The first-order valence-corrected chi connectivity index (χ1v) is 6.05. The van der Waals surface area contributed by atoms with E-state index in [9.17, 15) is 4.79 Å². The summed E-state index contributed by atoms with van der Waals surface area (Å²) in [6, 6.07) is 0. The Kier molecular flexibility index (Phi) is 3.22. The van der Waals surface area contributed by atoms with Crippen LogP contribution < -0.4 is 0 Å². The summed E-state index contributed by atoms with van der Waals surface area (Å²) in [6.07, 6.45) is 1.47. The van der Waals surface area contributed by atoms with E-state index in [4.69, 9.17) is 14.2 Å². The minimum Gasteiger partial charge on any atom is -0.464 e. The van der Waals surface area contributed by atoms with E-state index in [1.165, 1.54) is 0 Å². The molecule has 0 aromatic rings. The lowest BCUT2D eigenvalue weighted by molar-refractivity contribution is -0.144. The summed E-state index contributed by atoms with van der Waals surface area (Å²) in [5.41, 5.74) is -0.278. The van der Waals surface area contributed by atoms with Gasteiger partial charge in [-0.15, -0.1) is 0 Å². The summed E-state index contributed by atoms with van der Waals surface area (Å²) in [4.78, 5) is 11.6. The first-order chi connectivity index (χ1) is 7.59. The first kappa shape index (κ1) is 11.9. The SMILES string of the molecule is CCOC(=O)C1OC12CCOC(C(C)C)C2. The van der Waals surface area contributed by atoms with E-state index in [2.05, 4.69) is 13.8 Å². The van der Waals surface area contributed by atoms with Gasteiger partial charge >= 0.3 is 5.97 Å². The zero-order valence-electron chi connectivity index (χ0n) is 10.2. The molecule has 0 aromatic carbocycles. The summed E-state index contributed by atoms with van der Waals surface area (Å²) < 4.78 is 16.2. The van der Waals surface area contributed by atoms with Crippen LogP contribution in [0.25, 0.3) is 0 Å². The normalized spacial score (nSPS) is 37.8. The largest absolute Gasteiger partial charge is 0.464 e. The number of hydrogen-bond donors (Lipinski definition) is 0. The van der Waals surface area contributed by atoms with Crippen LogP contribution in [0.1, 0.15) is 33.6 Å². The van der Waals surface area contributed by atoms with Crippen molar-refractivity contribution in [2.45, 2.75) is 51.4 Å². The molecule has 0 amide bonds. The smallest absolute Gasteiger partial charge is 0.338 e. The van der Waals surface area contributed by atoms with Crippen molar-refractivity contribution in [3.63, 3.8) is 0 Å². The van der Waals surface area contributed by atoms with Crippen LogP contribution in [0.4, 0.5) is 0 Å². The number of ether oxygens (including phenoxy) is 3. The molecule has 0 aliphatic carbocycles. The van der Waals surface area contributed by atoms with Gasteiger partial charge < -0.3 is 14.2 Å². The van der Waals surface area contributed by atoms with Crippen molar-refractivity contribution in [3.8, 4) is 0 Å². The molecule has 0 aromatic heterocycles. The maximum Gasteiger partial charge on any atom is 0.338 e. The fraction of sp³-hybridized carbons (Fsp3) is 0.917. The van der Waals surface area contributed by atoms with Gasteiger partial charge in [0.1, 0.15) is 5.60 Å². The van der Waals surface area contributed by atoms with Gasteiger partial charge in [-0.3, -0.25) is 0 Å². The van der Waals surface area contributed by atoms with Gasteiger partial charge in [-0.1, -0.05) is 13.8 Å². The van der Waals surface area contributed by atoms with Crippen LogP contribution >= 0.6 is 0 Å². The molecule has 4 heteroatoms. The molecule has 2 aliphatic rings. The monoisotopic (exact) mass is 228 g/mol. The third-order valence-electron chi connectivity index (χ3n) is 3.42. The highest BCUT2D eigenvalue weighted by atomic mass is 16.7. The zero-order valence-corrected chi connectivity index (χ0v) is 10.2. The standard InChI is InChI=1S/C12H20O4/c1-4-14-11(13)10-12(16-10)5-6-15-9(7-12)8(2)3/h8-10H,4-7H2,1-3H3. The van der Waals surface area contributed by atoms with Crippen LogP contribution in [0.5, 0.6) is 0 Å². The summed E-state index contributed by atoms with van der Waals surface area (Å²) in [7, 11) is 0. The summed E-state index contributed by atoms with van der Waals surface area (Å²) in [6.45, 7) is 7.17. The highest BCUT2D eigenvalue weighted by Gasteiger charge is 2.63. The molecule has 2 aliphatic heterocycles. The van der Waals surface area contributed by atoms with Crippen molar-refractivity contribution >= 4 is 5.97 Å². The van der Waals surface area contributed by atoms with Gasteiger partial charge in [-0.2, -0.15) is 0 Å². The molecule has 92 valence electrons. The summed E-state index contributed by atoms with van der Waals surface area (Å²) in [5, 5.41) is 0. The van der Waals surface area contributed by atoms with Crippen molar-refractivity contribution < 1.29 is 19.0 Å². The molecular formula is C12H20O4. The summed E-state index contributed by atoms with van der Waals surface area (Å²) >= 11 is 0. The van der Waals surface area contributed by atoms with Gasteiger partial charge in [-0.25, -0.2) is 4.79 Å². The predicted molar refractivity (Wildman–Crippen MR) is 58.0 cm³/mol. The Morgan fingerprint density at radius 3 is 2.94 bits per heavy atom. The van der Waals surface area contributed by atoms with Crippen LogP contribution in [0.15, 0.2) is 0 Å². The fourth-order valence-corrected chi connectivity index (χ4v) is 2.34. The van der Waals surface area contributed by atoms with E-state index in [0.717, 1.165) is 12.8 Å². The van der Waals surface area contributed by atoms with E-state index >= 15 is 0 Å². The van der Waals surface area contributed by atoms with Gasteiger partial charge in [-0.05, 0) is 12.8 Å². The first-order valence-electron chi connectivity index (χ1n) is 6.05. The minimum atomic E-state index is -0.349. The fourth-order valence-electron chi connectivity index (χ4n) is 2.34. The quantitative estimate of drug-likeness (QED) is 0.543. The van der Waals surface area contributed by atoms with Crippen molar-refractivity contribution in [2.24, 2.45) is 5.92 Å². The molecule has 2 fully saturated rings. The Bertz CT molecular complexity index is 276. The Hall–Kier alpha value is -0.610. The Labute approximate surface area is 96.2 Å². The molecule has 3 unspecified atom stereocenters. The molecule has 0 saturated carbocycles. The second kappa shape index (κ2) is 4.34. The average molecular weight is 228 g/mol. The van der Waals surface area contributed by atoms with Gasteiger partial charge in [0.25, 0.3) is 0 Å². The lowest BCUT2D eigenvalue weighted by Gasteiger charge is -2.30. The number of hydrogen-bond acceptors (Lipinski definition) is 4. The van der Waals surface area contributed by atoms with Gasteiger partial charge in [0, 0.05) is 19.4 Å². The Morgan fingerprint density at radius 1 is 1.56 bits per heavy atom. The molecule has 2 rings (SSSR count). The third-order valence-corrected chi connectivity index (χ3v) is 3.42. The highest BCUT2D eigenvalue weighted by Crippen LogP contribution is 2.48. The molecular weight excluding hydrogens is 208 g/mol. The van der Waals surface area contributed by atoms with Crippen LogP contribution in [0.2, 0.25) is 0 Å². The number of carbonyl (C=O) groups excluding carboxylic acids is 1. The van der Waals surface area contributed by atoms with Crippen LogP contribution in [-0.4, -0.2) is 37.0 Å². The van der Waals surface area contributed by atoms with E-state index in [0.29, 0.717) is 19.1 Å². The van der Waals surface area contributed by atoms with E-state index in [1.54, 1.807) is 0 Å². The Morgan fingerprint density at radius 2 is 2.31 bits per heavy atom. The van der Waals surface area contributed by atoms with Crippen LogP contribution in [0, 0.1) is 5.92 Å². The second-order valence-corrected chi connectivity index (χ2v) is 4.92. The number of rotatable bonds is 3. The molecule has 16 heavy (non-hydrogen) atoms. The lowest BCUT2D eigenvalue weighted by Crippen LogP contribution is -2.37. The average Bonchev–Trinajstić information content (AvgIpc) is 2.92. The lowest BCUT2D eigenvalue weighted by atomic mass is 9.87. The topological polar surface area (TPSA) is 48.1 Å². The van der Waals surface area contributed by atoms with Gasteiger partial charge in [0.2, 0.25) is 0 Å². The van der Waals surface area contributed by atoms with Crippen LogP contribution in [0.3, 0.4) is 0 Å². The maximum atomic E-state index is 11.6. The number of carbonyl (C=O) groups is 1. The van der Waals surface area contributed by atoms with E-state index in [-0.39, 0.29) is 23.8 Å². The molecule has 0 radical (unpaired) electrons. The number of esters is 1. The zero-order chi connectivity index (χ0) is 11.8. The van der Waals surface area contributed by atoms with Crippen molar-refractivity contribution in [1.29, 1.82) is 0 Å². The minimum absolute atomic E-state index is 0.202. The maximum absolute atomic E-state index is 11.6. The summed E-state index contributed by atoms with van der Waals surface area (Å²) in [5.74, 6) is 0.246. The molecule has 1 spiro atoms. The predicted octanol–water partition coefficient (Wildman–Crippen LogP) is 1.52. The number of epoxide rings is 1. The van der Waals surface area contributed by atoms with Gasteiger partial charge in [0.15, 0.2) is 6.10 Å². The van der Waals surface area contributed by atoms with Crippen LogP contribution in [-0.2, 0) is 19.0 Å². The highest BCUT2D eigenvalue weighted by molar-refractivity contribution is 5.79. The van der Waals surface area contributed by atoms with Crippen molar-refractivity contribution in [3.05, 3.63) is 0 Å². The molecule has 2 saturated heterocycles. The molecule has 2 heterocycles. The molecule has 0 bridgehead atoms. The molecule has 3 atom stereocenters. The van der Waals surface area contributed by atoms with E-state index < -0.39 is 0 Å². The van der Waals surface area contributed by atoms with Crippen molar-refractivity contribution in [2.75, 3.05) is 13.2 Å². The molecule has 0 N–H and O–H groups in total. The van der Waals surface area contributed by atoms with Crippen molar-refractivity contribution in [1.82, 2.24) is 0 Å². The Balaban J connectivity index is 1.93. The van der Waals surface area contributed by atoms with Gasteiger partial charge in [0.05, 0.1) is 12.7 Å². The second-order valence-electron chi connectivity index (χ2n) is 4.92. The van der Waals surface area contributed by atoms with E-state index in [1.807, 2.05) is 6.92 Å².